The Balaban J connectivity index is 1.97. The molecule has 2 heterocycles. The summed E-state index contributed by atoms with van der Waals surface area (Å²) in [5, 5.41) is 11.8. The molecule has 1 aromatic carbocycles. The van der Waals surface area contributed by atoms with Gasteiger partial charge in [0.15, 0.2) is 5.82 Å². The Hall–Kier alpha value is -1.75. The fraction of sp³-hybridized carbons (Fsp3) is 0.429. The molecule has 2 aromatic rings. The molecule has 0 aliphatic carbocycles. The number of benzene rings is 1. The van der Waals surface area contributed by atoms with Gasteiger partial charge in [-0.2, -0.15) is 0 Å². The molecule has 0 spiro atoms. The second-order valence-electron chi connectivity index (χ2n) is 4.94. The molecule has 0 saturated carbocycles. The average Bonchev–Trinajstić information content (AvgIpc) is 2.82. The Morgan fingerprint density at radius 3 is 2.68 bits per heavy atom. The highest BCUT2D eigenvalue weighted by Gasteiger charge is 2.22. The highest BCUT2D eigenvalue weighted by Crippen LogP contribution is 2.27. The van der Waals surface area contributed by atoms with Crippen LogP contribution in [0.25, 0.3) is 11.4 Å². The van der Waals surface area contributed by atoms with Crippen molar-refractivity contribution in [3.05, 3.63) is 35.9 Å². The Labute approximate surface area is 111 Å². The van der Waals surface area contributed by atoms with Gasteiger partial charge in [-0.3, -0.25) is 0 Å². The fourth-order valence-corrected chi connectivity index (χ4v) is 2.65. The van der Waals surface area contributed by atoms with Crippen molar-refractivity contribution in [2.45, 2.75) is 18.8 Å². The first-order valence-electron chi connectivity index (χ1n) is 6.62. The van der Waals surface area contributed by atoms with Crippen LogP contribution in [0, 0.1) is 5.82 Å². The molecule has 3 rings (SSSR count). The summed E-state index contributed by atoms with van der Waals surface area (Å²) in [6.07, 6.45) is 2.12. The van der Waals surface area contributed by atoms with Gasteiger partial charge in [-0.05, 0) is 38.1 Å². The Morgan fingerprint density at radius 2 is 1.95 bits per heavy atom. The Morgan fingerprint density at radius 1 is 1.21 bits per heavy atom. The van der Waals surface area contributed by atoms with Gasteiger partial charge < -0.3 is 9.88 Å². The third-order valence-electron chi connectivity index (χ3n) is 3.73. The van der Waals surface area contributed by atoms with Gasteiger partial charge in [0, 0.05) is 13.0 Å². The largest absolute Gasteiger partial charge is 0.317 e. The first-order chi connectivity index (χ1) is 9.27. The first-order valence-corrected chi connectivity index (χ1v) is 6.62. The molecule has 0 bridgehead atoms. The van der Waals surface area contributed by atoms with Crippen LogP contribution in [0.1, 0.15) is 24.6 Å². The van der Waals surface area contributed by atoms with Crippen LogP contribution in [-0.2, 0) is 7.05 Å². The van der Waals surface area contributed by atoms with Gasteiger partial charge in [-0.25, -0.2) is 4.39 Å². The lowest BCUT2D eigenvalue weighted by Gasteiger charge is -2.21. The van der Waals surface area contributed by atoms with E-state index in [4.69, 9.17) is 0 Å². The van der Waals surface area contributed by atoms with E-state index in [0.717, 1.165) is 31.8 Å². The zero-order chi connectivity index (χ0) is 13.2. The van der Waals surface area contributed by atoms with Crippen molar-refractivity contribution < 1.29 is 4.39 Å². The molecular weight excluding hydrogens is 243 g/mol. The number of hydrogen-bond donors (Lipinski definition) is 1. The van der Waals surface area contributed by atoms with Crippen LogP contribution in [0.2, 0.25) is 0 Å². The second kappa shape index (κ2) is 5.09. The number of rotatable bonds is 2. The van der Waals surface area contributed by atoms with Gasteiger partial charge >= 0.3 is 0 Å². The molecular formula is C14H17FN4. The quantitative estimate of drug-likeness (QED) is 0.899. The van der Waals surface area contributed by atoms with E-state index < -0.39 is 0 Å². The van der Waals surface area contributed by atoms with Gasteiger partial charge in [0.2, 0.25) is 0 Å². The molecule has 0 amide bonds. The monoisotopic (exact) mass is 260 g/mol. The summed E-state index contributed by atoms with van der Waals surface area (Å²) in [6, 6.07) is 6.69. The van der Waals surface area contributed by atoms with E-state index in [2.05, 4.69) is 15.5 Å². The average molecular weight is 260 g/mol. The van der Waals surface area contributed by atoms with Crippen molar-refractivity contribution in [3.8, 4) is 11.4 Å². The SMILES string of the molecule is Cn1c(-c2ccccc2F)nnc1C1CCNCC1. The van der Waals surface area contributed by atoms with Crippen LogP contribution in [0.5, 0.6) is 0 Å². The van der Waals surface area contributed by atoms with Crippen molar-refractivity contribution in [2.24, 2.45) is 7.05 Å². The van der Waals surface area contributed by atoms with Crippen LogP contribution >= 0.6 is 0 Å². The normalized spacial score (nSPS) is 16.7. The number of aromatic nitrogens is 3. The summed E-state index contributed by atoms with van der Waals surface area (Å²) in [5.74, 6) is 1.72. The van der Waals surface area contributed by atoms with Crippen LogP contribution in [0.3, 0.4) is 0 Å². The maximum absolute atomic E-state index is 13.8. The maximum atomic E-state index is 13.8. The fourth-order valence-electron chi connectivity index (χ4n) is 2.65. The van der Waals surface area contributed by atoms with Crippen LogP contribution < -0.4 is 5.32 Å². The Bertz CT molecular complexity index is 573. The van der Waals surface area contributed by atoms with Gasteiger partial charge in [-0.1, -0.05) is 12.1 Å². The minimum atomic E-state index is -0.255. The lowest BCUT2D eigenvalue weighted by molar-refractivity contribution is 0.436. The molecule has 1 fully saturated rings. The molecule has 1 N–H and O–H groups in total. The van der Waals surface area contributed by atoms with Crippen molar-refractivity contribution in [3.63, 3.8) is 0 Å². The summed E-state index contributed by atoms with van der Waals surface area (Å²) in [6.45, 7) is 2.01. The van der Waals surface area contributed by atoms with Crippen LogP contribution in [0.4, 0.5) is 4.39 Å². The van der Waals surface area contributed by atoms with E-state index in [0.29, 0.717) is 17.3 Å². The molecule has 1 aliphatic heterocycles. The molecule has 5 heteroatoms. The summed E-state index contributed by atoms with van der Waals surface area (Å²) in [4.78, 5) is 0. The number of piperidine rings is 1. The molecule has 1 aromatic heterocycles. The highest BCUT2D eigenvalue weighted by molar-refractivity contribution is 5.56. The highest BCUT2D eigenvalue weighted by atomic mass is 19.1. The number of hydrogen-bond acceptors (Lipinski definition) is 3. The molecule has 19 heavy (non-hydrogen) atoms. The minimum absolute atomic E-state index is 0.255. The number of halogens is 1. The van der Waals surface area contributed by atoms with Gasteiger partial charge in [0.25, 0.3) is 0 Å². The van der Waals surface area contributed by atoms with Gasteiger partial charge in [0.05, 0.1) is 5.56 Å². The molecule has 0 atom stereocenters. The number of nitrogens with one attached hydrogen (secondary N) is 1. The van der Waals surface area contributed by atoms with E-state index in [1.807, 2.05) is 17.7 Å². The summed E-state index contributed by atoms with van der Waals surface area (Å²) < 4.78 is 15.7. The maximum Gasteiger partial charge on any atom is 0.166 e. The van der Waals surface area contributed by atoms with Crippen molar-refractivity contribution in [1.82, 2.24) is 20.1 Å². The van der Waals surface area contributed by atoms with E-state index in [1.54, 1.807) is 12.1 Å². The van der Waals surface area contributed by atoms with E-state index >= 15 is 0 Å². The lowest BCUT2D eigenvalue weighted by atomic mass is 9.97. The Kier molecular flexibility index (Phi) is 3.29. The van der Waals surface area contributed by atoms with Crippen molar-refractivity contribution in [1.29, 1.82) is 0 Å². The standard InChI is InChI=1S/C14H17FN4/c1-19-13(10-6-8-16-9-7-10)17-18-14(19)11-4-2-3-5-12(11)15/h2-5,10,16H,6-9H2,1H3. The number of nitrogens with zero attached hydrogens (tertiary/aromatic N) is 3. The minimum Gasteiger partial charge on any atom is -0.317 e. The van der Waals surface area contributed by atoms with Crippen molar-refractivity contribution in [2.75, 3.05) is 13.1 Å². The van der Waals surface area contributed by atoms with Gasteiger partial charge in [-0.15, -0.1) is 10.2 Å². The molecule has 0 unspecified atom stereocenters. The lowest BCUT2D eigenvalue weighted by Crippen LogP contribution is -2.27. The molecule has 1 saturated heterocycles. The zero-order valence-corrected chi connectivity index (χ0v) is 10.9. The topological polar surface area (TPSA) is 42.7 Å². The predicted octanol–water partition coefficient (Wildman–Crippen LogP) is 2.09. The third-order valence-corrected chi connectivity index (χ3v) is 3.73. The second-order valence-corrected chi connectivity index (χ2v) is 4.94. The van der Waals surface area contributed by atoms with E-state index in [9.17, 15) is 4.39 Å². The molecule has 4 nitrogen and oxygen atoms in total. The smallest absolute Gasteiger partial charge is 0.166 e. The zero-order valence-electron chi connectivity index (χ0n) is 10.9. The summed E-state index contributed by atoms with van der Waals surface area (Å²) >= 11 is 0. The summed E-state index contributed by atoms with van der Waals surface area (Å²) in [5.41, 5.74) is 0.512. The molecule has 1 aliphatic rings. The van der Waals surface area contributed by atoms with Crippen molar-refractivity contribution >= 4 is 0 Å². The first kappa shape index (κ1) is 12.3. The molecule has 100 valence electrons. The molecule has 0 radical (unpaired) electrons. The van der Waals surface area contributed by atoms with Gasteiger partial charge in [0.1, 0.15) is 11.6 Å². The predicted molar refractivity (Wildman–Crippen MR) is 71.2 cm³/mol. The van der Waals surface area contributed by atoms with E-state index in [-0.39, 0.29) is 5.82 Å². The van der Waals surface area contributed by atoms with Crippen LogP contribution in [-0.4, -0.2) is 27.9 Å². The van der Waals surface area contributed by atoms with Crippen LogP contribution in [0.15, 0.2) is 24.3 Å². The third kappa shape index (κ3) is 2.26. The summed E-state index contributed by atoms with van der Waals surface area (Å²) in [7, 11) is 1.92. The van der Waals surface area contributed by atoms with E-state index in [1.165, 1.54) is 6.07 Å².